The maximum Gasteiger partial charge on any atom is 0.260 e. The number of rotatable bonds is 12. The molecule has 2 aromatic carbocycles. The number of carbonyl (C=O) groups is 3. The van der Waals surface area contributed by atoms with Crippen LogP contribution in [0.1, 0.15) is 38.2 Å². The van der Waals surface area contributed by atoms with Crippen molar-refractivity contribution < 1.29 is 23.6 Å². The molecule has 2 saturated heterocycles. The lowest BCUT2D eigenvalue weighted by Crippen LogP contribution is -2.56. The molecule has 2 aliphatic rings. The molecule has 3 amide bonds. The summed E-state index contributed by atoms with van der Waals surface area (Å²) in [4.78, 5) is 45.7. The van der Waals surface area contributed by atoms with Gasteiger partial charge >= 0.3 is 0 Å². The number of para-hydroxylation sites is 1. The number of likely N-dealkylation sites (tertiary alicyclic amines) is 1. The zero-order valence-corrected chi connectivity index (χ0v) is 22.8. The van der Waals surface area contributed by atoms with E-state index in [0.29, 0.717) is 25.3 Å². The summed E-state index contributed by atoms with van der Waals surface area (Å²) in [5, 5.41) is 12.5. The fraction of sp³-hybridized carbons (Fsp3) is 0.448. The van der Waals surface area contributed by atoms with Crippen LogP contribution in [-0.4, -0.2) is 79.9 Å². The van der Waals surface area contributed by atoms with Gasteiger partial charge < -0.3 is 30.6 Å². The van der Waals surface area contributed by atoms with E-state index in [2.05, 4.69) is 30.9 Å². The van der Waals surface area contributed by atoms with Gasteiger partial charge in [0.15, 0.2) is 6.61 Å². The van der Waals surface area contributed by atoms with E-state index in [4.69, 9.17) is 4.84 Å². The zero-order valence-electron chi connectivity index (χ0n) is 22.8. The van der Waals surface area contributed by atoms with Crippen molar-refractivity contribution in [3.63, 3.8) is 0 Å². The molecule has 0 radical (unpaired) electrons. The summed E-state index contributed by atoms with van der Waals surface area (Å²) in [6.07, 6.45) is 2.84. The monoisotopic (exact) mass is 552 g/mol. The predicted molar refractivity (Wildman–Crippen MR) is 150 cm³/mol. The van der Waals surface area contributed by atoms with Crippen molar-refractivity contribution in [2.75, 3.05) is 50.9 Å². The van der Waals surface area contributed by atoms with E-state index in [1.807, 2.05) is 30.3 Å². The minimum Gasteiger partial charge on any atom is -0.385 e. The molecule has 0 bridgehead atoms. The maximum absolute atomic E-state index is 13.5. The Kier molecular flexibility index (Phi) is 10.1. The number of nitrogens with one attached hydrogen (secondary N) is 3. The third-order valence-electron chi connectivity index (χ3n) is 7.35. The van der Waals surface area contributed by atoms with E-state index in [1.54, 1.807) is 12.1 Å². The lowest BCUT2D eigenvalue weighted by atomic mass is 9.85. The van der Waals surface area contributed by atoms with Gasteiger partial charge in [0.05, 0.1) is 12.4 Å². The Balaban J connectivity index is 1.28. The molecule has 0 atom stereocenters. The van der Waals surface area contributed by atoms with Crippen molar-refractivity contribution in [2.45, 2.75) is 38.1 Å². The van der Waals surface area contributed by atoms with E-state index in [1.165, 1.54) is 19.1 Å². The first-order valence-corrected chi connectivity index (χ1v) is 13.7. The van der Waals surface area contributed by atoms with Crippen molar-refractivity contribution in [3.8, 4) is 0 Å². The standard InChI is InChI=1S/C29H37FN6O4/c1-22(37)31-15-16-32-27(38)20-40-34-26(23-9-11-24(30)12-10-23)8-5-17-35-18-13-29(14-19-35)28(39)33-21-36(29)25-6-3-2-4-7-25/h2-4,6-7,9-12H,5,8,13-21H2,1H3,(H,31,37)(H,32,38)(H,33,39)/b34-26-. The number of piperidine rings is 1. The van der Waals surface area contributed by atoms with Crippen LogP contribution in [0.15, 0.2) is 59.8 Å². The third kappa shape index (κ3) is 7.56. The van der Waals surface area contributed by atoms with Gasteiger partial charge in [0.1, 0.15) is 11.4 Å². The van der Waals surface area contributed by atoms with Gasteiger partial charge in [0.25, 0.3) is 5.91 Å². The van der Waals surface area contributed by atoms with Crippen LogP contribution < -0.4 is 20.9 Å². The number of hydrogen-bond donors (Lipinski definition) is 3. The maximum atomic E-state index is 13.5. The van der Waals surface area contributed by atoms with Crippen LogP contribution in [0.25, 0.3) is 0 Å². The van der Waals surface area contributed by atoms with E-state index >= 15 is 0 Å². The van der Waals surface area contributed by atoms with E-state index in [0.717, 1.165) is 50.1 Å². The SMILES string of the molecule is CC(=O)NCCNC(=O)CO/N=C(/CCCN1CCC2(CC1)C(=O)NCN2c1ccccc1)c1ccc(F)cc1. The first kappa shape index (κ1) is 29.0. The van der Waals surface area contributed by atoms with Gasteiger partial charge in [-0.1, -0.05) is 35.5 Å². The Morgan fingerprint density at radius 2 is 1.75 bits per heavy atom. The molecule has 1 spiro atoms. The highest BCUT2D eigenvalue weighted by molar-refractivity contribution is 6.00. The second kappa shape index (κ2) is 13.9. The van der Waals surface area contributed by atoms with Crippen molar-refractivity contribution in [2.24, 2.45) is 5.16 Å². The fourth-order valence-electron chi connectivity index (χ4n) is 5.19. The number of carbonyl (C=O) groups excluding carboxylic acids is 3. The predicted octanol–water partition coefficient (Wildman–Crippen LogP) is 2.01. The fourth-order valence-corrected chi connectivity index (χ4v) is 5.19. The molecule has 2 aromatic rings. The Hall–Kier alpha value is -3.99. The van der Waals surface area contributed by atoms with Gasteiger partial charge in [0, 0.05) is 38.8 Å². The van der Waals surface area contributed by atoms with Crippen LogP contribution in [0.4, 0.5) is 10.1 Å². The van der Waals surface area contributed by atoms with Crippen molar-refractivity contribution in [1.29, 1.82) is 0 Å². The average Bonchev–Trinajstić information content (AvgIpc) is 3.27. The van der Waals surface area contributed by atoms with E-state index in [9.17, 15) is 18.8 Å². The molecule has 10 nitrogen and oxygen atoms in total. The number of halogens is 1. The van der Waals surface area contributed by atoms with Gasteiger partial charge in [-0.15, -0.1) is 0 Å². The second-order valence-corrected chi connectivity index (χ2v) is 10.1. The third-order valence-corrected chi connectivity index (χ3v) is 7.35. The Morgan fingerprint density at radius 3 is 2.45 bits per heavy atom. The van der Waals surface area contributed by atoms with Crippen molar-refractivity contribution >= 4 is 29.1 Å². The normalized spacial score (nSPS) is 17.0. The highest BCUT2D eigenvalue weighted by Crippen LogP contribution is 2.36. The molecule has 0 aliphatic carbocycles. The molecule has 2 aliphatic heterocycles. The first-order valence-electron chi connectivity index (χ1n) is 13.7. The Morgan fingerprint density at radius 1 is 1.05 bits per heavy atom. The highest BCUT2D eigenvalue weighted by Gasteiger charge is 2.50. The topological polar surface area (TPSA) is 115 Å². The minimum atomic E-state index is -0.519. The molecule has 0 aromatic heterocycles. The summed E-state index contributed by atoms with van der Waals surface area (Å²) >= 11 is 0. The van der Waals surface area contributed by atoms with Crippen LogP contribution >= 0.6 is 0 Å². The summed E-state index contributed by atoms with van der Waals surface area (Å²) in [5.41, 5.74) is 1.89. The molecule has 4 rings (SSSR count). The molecule has 40 heavy (non-hydrogen) atoms. The molecule has 0 unspecified atom stereocenters. The van der Waals surface area contributed by atoms with E-state index < -0.39 is 5.54 Å². The lowest BCUT2D eigenvalue weighted by molar-refractivity contribution is -0.126. The van der Waals surface area contributed by atoms with Crippen LogP contribution in [-0.2, 0) is 19.2 Å². The van der Waals surface area contributed by atoms with E-state index in [-0.39, 0.29) is 36.7 Å². The number of amides is 3. The molecule has 2 heterocycles. The molecule has 11 heteroatoms. The van der Waals surface area contributed by atoms with Gasteiger partial charge in [0.2, 0.25) is 11.8 Å². The molecular formula is C29H37FN6O4. The smallest absolute Gasteiger partial charge is 0.260 e. The van der Waals surface area contributed by atoms with Gasteiger partial charge in [-0.25, -0.2) is 4.39 Å². The van der Waals surface area contributed by atoms with Crippen LogP contribution in [0, 0.1) is 5.82 Å². The Bertz CT molecular complexity index is 1180. The van der Waals surface area contributed by atoms with Crippen LogP contribution in [0.2, 0.25) is 0 Å². The lowest BCUT2D eigenvalue weighted by Gasteiger charge is -2.43. The average molecular weight is 553 g/mol. The van der Waals surface area contributed by atoms with Gasteiger partial charge in [-0.05, 0) is 62.1 Å². The molecule has 214 valence electrons. The van der Waals surface area contributed by atoms with Crippen LogP contribution in [0.5, 0.6) is 0 Å². The number of nitrogens with zero attached hydrogens (tertiary/aromatic N) is 3. The second-order valence-electron chi connectivity index (χ2n) is 10.1. The summed E-state index contributed by atoms with van der Waals surface area (Å²) in [6.45, 7) is 4.70. The Labute approximate surface area is 233 Å². The summed E-state index contributed by atoms with van der Waals surface area (Å²) in [5.74, 6) is -0.764. The van der Waals surface area contributed by atoms with Crippen LogP contribution in [0.3, 0.4) is 0 Å². The molecule has 3 N–H and O–H groups in total. The highest BCUT2D eigenvalue weighted by atomic mass is 19.1. The minimum absolute atomic E-state index is 0.0954. The summed E-state index contributed by atoms with van der Waals surface area (Å²) in [6, 6.07) is 16.1. The number of benzene rings is 2. The molecule has 0 saturated carbocycles. The quantitative estimate of drug-likeness (QED) is 0.211. The largest absolute Gasteiger partial charge is 0.385 e. The van der Waals surface area contributed by atoms with Crippen molar-refractivity contribution in [3.05, 3.63) is 66.0 Å². The van der Waals surface area contributed by atoms with Gasteiger partial charge in [-0.2, -0.15) is 0 Å². The summed E-state index contributed by atoms with van der Waals surface area (Å²) in [7, 11) is 0. The number of anilines is 1. The van der Waals surface area contributed by atoms with Crippen molar-refractivity contribution in [1.82, 2.24) is 20.9 Å². The number of hydrogen-bond acceptors (Lipinski definition) is 7. The first-order chi connectivity index (χ1) is 19.4. The summed E-state index contributed by atoms with van der Waals surface area (Å²) < 4.78 is 13.5. The number of oxime groups is 1. The molecule has 2 fully saturated rings. The molecular weight excluding hydrogens is 515 g/mol. The zero-order chi connectivity index (χ0) is 28.4. The van der Waals surface area contributed by atoms with Gasteiger partial charge in [-0.3, -0.25) is 14.4 Å².